The lowest BCUT2D eigenvalue weighted by Gasteiger charge is -2.09. The lowest BCUT2D eigenvalue weighted by atomic mass is 9.93. The lowest BCUT2D eigenvalue weighted by Crippen LogP contribution is -1.93. The van der Waals surface area contributed by atoms with Crippen molar-refractivity contribution in [3.8, 4) is 0 Å². The van der Waals surface area contributed by atoms with Crippen molar-refractivity contribution in [2.24, 2.45) is 0 Å². The van der Waals surface area contributed by atoms with Crippen molar-refractivity contribution >= 4 is 11.5 Å². The number of carbonyl (C=O) groups excluding carboxylic acids is 1. The van der Waals surface area contributed by atoms with Crippen LogP contribution in [0.15, 0.2) is 54.1 Å². The molecule has 1 aromatic rings. The second-order valence-electron chi connectivity index (χ2n) is 3.16. The van der Waals surface area contributed by atoms with Crippen LogP contribution in [0.3, 0.4) is 0 Å². The SMILES string of the molecule is O=C=C1CC=CC=C1c1ccccc1. The number of allylic oxidation sites excluding steroid dienone is 5. The topological polar surface area (TPSA) is 17.1 Å². The Morgan fingerprint density at radius 1 is 1.14 bits per heavy atom. The molecule has 68 valence electrons. The molecule has 0 aromatic heterocycles. The first-order chi connectivity index (χ1) is 6.92. The number of benzene rings is 1. The summed E-state index contributed by atoms with van der Waals surface area (Å²) in [6.45, 7) is 0. The summed E-state index contributed by atoms with van der Waals surface area (Å²) in [5.74, 6) is 2.00. The molecule has 1 aromatic carbocycles. The average molecular weight is 182 g/mol. The van der Waals surface area contributed by atoms with Gasteiger partial charge in [0, 0.05) is 12.0 Å². The molecule has 0 spiro atoms. The molecule has 0 atom stereocenters. The van der Waals surface area contributed by atoms with Crippen LogP contribution in [-0.2, 0) is 4.79 Å². The molecule has 0 aliphatic heterocycles. The van der Waals surface area contributed by atoms with E-state index in [9.17, 15) is 4.79 Å². The van der Waals surface area contributed by atoms with E-state index in [-0.39, 0.29) is 0 Å². The van der Waals surface area contributed by atoms with Crippen LogP contribution >= 0.6 is 0 Å². The van der Waals surface area contributed by atoms with Crippen molar-refractivity contribution in [3.05, 3.63) is 59.7 Å². The van der Waals surface area contributed by atoms with Gasteiger partial charge in [0.25, 0.3) is 0 Å². The zero-order valence-corrected chi connectivity index (χ0v) is 7.73. The molecule has 0 N–H and O–H groups in total. The Labute approximate surface area is 83.1 Å². The standard InChI is InChI=1S/C13H10O/c14-10-12-8-4-5-9-13(12)11-6-2-1-3-7-11/h1-7,9H,8H2. The zero-order chi connectivity index (χ0) is 9.80. The number of hydrogen-bond acceptors (Lipinski definition) is 1. The van der Waals surface area contributed by atoms with E-state index >= 15 is 0 Å². The van der Waals surface area contributed by atoms with Gasteiger partial charge in [-0.25, -0.2) is 4.79 Å². The third-order valence-corrected chi connectivity index (χ3v) is 2.25. The van der Waals surface area contributed by atoms with Gasteiger partial charge in [-0.3, -0.25) is 0 Å². The molecular formula is C13H10O. The number of hydrogen-bond donors (Lipinski definition) is 0. The van der Waals surface area contributed by atoms with Gasteiger partial charge in [-0.15, -0.1) is 0 Å². The summed E-state index contributed by atoms with van der Waals surface area (Å²) >= 11 is 0. The molecule has 0 bridgehead atoms. The summed E-state index contributed by atoms with van der Waals surface area (Å²) in [4.78, 5) is 10.7. The maximum Gasteiger partial charge on any atom is 0.128 e. The first-order valence-corrected chi connectivity index (χ1v) is 4.58. The quantitative estimate of drug-likeness (QED) is 0.610. The Morgan fingerprint density at radius 3 is 2.64 bits per heavy atom. The summed E-state index contributed by atoms with van der Waals surface area (Å²) in [6.07, 6.45) is 6.58. The minimum absolute atomic E-state index is 0.685. The second kappa shape index (κ2) is 3.91. The Kier molecular flexibility index (Phi) is 2.44. The minimum atomic E-state index is 0.685. The van der Waals surface area contributed by atoms with Crippen molar-refractivity contribution in [1.82, 2.24) is 0 Å². The van der Waals surface area contributed by atoms with E-state index in [4.69, 9.17) is 0 Å². The summed E-state index contributed by atoms with van der Waals surface area (Å²) in [5, 5.41) is 0. The van der Waals surface area contributed by atoms with Crippen LogP contribution in [0.4, 0.5) is 0 Å². The fraction of sp³-hybridized carbons (Fsp3) is 0.0769. The Hall–Kier alpha value is -1.85. The largest absolute Gasteiger partial charge is 0.233 e. The molecule has 14 heavy (non-hydrogen) atoms. The highest BCUT2D eigenvalue weighted by Crippen LogP contribution is 2.26. The first-order valence-electron chi connectivity index (χ1n) is 4.58. The molecule has 1 heteroatoms. The highest BCUT2D eigenvalue weighted by atomic mass is 16.1. The molecule has 1 nitrogen and oxygen atoms in total. The predicted molar refractivity (Wildman–Crippen MR) is 57.4 cm³/mol. The van der Waals surface area contributed by atoms with Crippen LogP contribution in [0.25, 0.3) is 5.57 Å². The smallest absolute Gasteiger partial charge is 0.128 e. The van der Waals surface area contributed by atoms with Crippen LogP contribution in [0.1, 0.15) is 12.0 Å². The van der Waals surface area contributed by atoms with E-state index in [0.29, 0.717) is 6.42 Å². The van der Waals surface area contributed by atoms with Crippen molar-refractivity contribution in [1.29, 1.82) is 0 Å². The Balaban J connectivity index is 2.48. The van der Waals surface area contributed by atoms with Crippen LogP contribution in [0.2, 0.25) is 0 Å². The zero-order valence-electron chi connectivity index (χ0n) is 7.73. The van der Waals surface area contributed by atoms with Crippen LogP contribution in [0.5, 0.6) is 0 Å². The minimum Gasteiger partial charge on any atom is -0.233 e. The predicted octanol–water partition coefficient (Wildman–Crippen LogP) is 2.79. The number of rotatable bonds is 1. The van der Waals surface area contributed by atoms with Crippen LogP contribution in [-0.4, -0.2) is 5.94 Å². The van der Waals surface area contributed by atoms with E-state index in [1.54, 1.807) is 0 Å². The second-order valence-corrected chi connectivity index (χ2v) is 3.16. The van der Waals surface area contributed by atoms with Crippen LogP contribution < -0.4 is 0 Å². The molecule has 0 heterocycles. The first kappa shape index (κ1) is 8.74. The maximum atomic E-state index is 10.7. The summed E-state index contributed by atoms with van der Waals surface area (Å²) in [5.41, 5.74) is 2.80. The summed E-state index contributed by atoms with van der Waals surface area (Å²) in [6, 6.07) is 9.91. The van der Waals surface area contributed by atoms with Crippen molar-refractivity contribution < 1.29 is 4.79 Å². The van der Waals surface area contributed by atoms with Crippen molar-refractivity contribution in [2.45, 2.75) is 6.42 Å². The molecule has 0 radical (unpaired) electrons. The molecule has 0 amide bonds. The highest BCUT2D eigenvalue weighted by Gasteiger charge is 2.09. The van der Waals surface area contributed by atoms with Gasteiger partial charge in [0.2, 0.25) is 0 Å². The summed E-state index contributed by atoms with van der Waals surface area (Å²) in [7, 11) is 0. The van der Waals surface area contributed by atoms with Gasteiger partial charge < -0.3 is 0 Å². The molecular weight excluding hydrogens is 172 g/mol. The molecule has 0 saturated heterocycles. The van der Waals surface area contributed by atoms with Gasteiger partial charge in [0.05, 0.1) is 0 Å². The lowest BCUT2D eigenvalue weighted by molar-refractivity contribution is 0.567. The van der Waals surface area contributed by atoms with Gasteiger partial charge in [0.1, 0.15) is 5.94 Å². The molecule has 0 saturated carbocycles. The van der Waals surface area contributed by atoms with Gasteiger partial charge in [0.15, 0.2) is 0 Å². The Bertz CT molecular complexity index is 432. The Morgan fingerprint density at radius 2 is 1.93 bits per heavy atom. The van der Waals surface area contributed by atoms with Crippen LogP contribution in [0, 0.1) is 0 Å². The molecule has 0 unspecified atom stereocenters. The van der Waals surface area contributed by atoms with Gasteiger partial charge in [-0.05, 0) is 11.1 Å². The van der Waals surface area contributed by atoms with E-state index < -0.39 is 0 Å². The monoisotopic (exact) mass is 182 g/mol. The van der Waals surface area contributed by atoms with Gasteiger partial charge >= 0.3 is 0 Å². The van der Waals surface area contributed by atoms with E-state index in [2.05, 4.69) is 0 Å². The molecule has 0 fully saturated rings. The summed E-state index contributed by atoms with van der Waals surface area (Å²) < 4.78 is 0. The third-order valence-electron chi connectivity index (χ3n) is 2.25. The fourth-order valence-corrected chi connectivity index (χ4v) is 1.55. The van der Waals surface area contributed by atoms with E-state index in [1.165, 1.54) is 0 Å². The van der Waals surface area contributed by atoms with Gasteiger partial charge in [-0.2, -0.15) is 0 Å². The van der Waals surface area contributed by atoms with E-state index in [1.807, 2.05) is 54.5 Å². The molecule has 1 aliphatic rings. The third kappa shape index (κ3) is 1.59. The molecule has 1 aliphatic carbocycles. The average Bonchev–Trinajstić information content (AvgIpc) is 2.30. The normalized spacial score (nSPS) is 14.9. The van der Waals surface area contributed by atoms with E-state index in [0.717, 1.165) is 16.7 Å². The maximum absolute atomic E-state index is 10.7. The fourth-order valence-electron chi connectivity index (χ4n) is 1.55. The highest BCUT2D eigenvalue weighted by molar-refractivity contribution is 5.89. The van der Waals surface area contributed by atoms with Crippen molar-refractivity contribution in [3.63, 3.8) is 0 Å². The molecule has 2 rings (SSSR count). The van der Waals surface area contributed by atoms with Gasteiger partial charge in [-0.1, -0.05) is 48.6 Å². The van der Waals surface area contributed by atoms with Crippen molar-refractivity contribution in [2.75, 3.05) is 0 Å².